The highest BCUT2D eigenvalue weighted by Gasteiger charge is 1.91. The lowest BCUT2D eigenvalue weighted by atomic mass is 10.1. The van der Waals surface area contributed by atoms with Crippen molar-refractivity contribution < 1.29 is 0 Å². The summed E-state index contributed by atoms with van der Waals surface area (Å²) < 4.78 is 0. The van der Waals surface area contributed by atoms with E-state index in [9.17, 15) is 0 Å². The normalized spacial score (nSPS) is 10.7. The summed E-state index contributed by atoms with van der Waals surface area (Å²) in [6.07, 6.45) is 17.4. The highest BCUT2D eigenvalue weighted by molar-refractivity contribution is 4.64. The van der Waals surface area contributed by atoms with Crippen LogP contribution in [0, 0.1) is 13.3 Å². The van der Waals surface area contributed by atoms with Crippen molar-refractivity contribution >= 4 is 0 Å². The van der Waals surface area contributed by atoms with Crippen molar-refractivity contribution in [1.82, 2.24) is 0 Å². The summed E-state index contributed by atoms with van der Waals surface area (Å²) in [4.78, 5) is 0. The summed E-state index contributed by atoms with van der Waals surface area (Å²) >= 11 is 0. The van der Waals surface area contributed by atoms with Gasteiger partial charge in [0.25, 0.3) is 0 Å². The van der Waals surface area contributed by atoms with Gasteiger partial charge in [-0.3, -0.25) is 0 Å². The molecule has 0 aromatic heterocycles. The quantitative estimate of drug-likeness (QED) is 0.391. The van der Waals surface area contributed by atoms with E-state index in [-0.39, 0.29) is 0 Å². The third kappa shape index (κ3) is 12.0. The molecule has 0 heteroatoms. The molecule has 84 valence electrons. The van der Waals surface area contributed by atoms with Crippen molar-refractivity contribution in [2.75, 3.05) is 0 Å². The lowest BCUT2D eigenvalue weighted by Gasteiger charge is -2.01. The van der Waals surface area contributed by atoms with E-state index < -0.39 is 0 Å². The van der Waals surface area contributed by atoms with Crippen molar-refractivity contribution in [3.8, 4) is 0 Å². The zero-order valence-electron chi connectivity index (χ0n) is 10.1. The molecule has 0 aliphatic heterocycles. The molecule has 0 nitrogen and oxygen atoms in total. The van der Waals surface area contributed by atoms with Crippen LogP contribution in [0.3, 0.4) is 0 Å². The summed E-state index contributed by atoms with van der Waals surface area (Å²) in [6.45, 7) is 6.08. The van der Waals surface area contributed by atoms with Gasteiger partial charge in [0.15, 0.2) is 0 Å². The Balaban J connectivity index is 2.78. The first-order chi connectivity index (χ1) is 6.91. The maximum atomic E-state index is 3.81. The fourth-order valence-electron chi connectivity index (χ4n) is 1.74. The van der Waals surface area contributed by atoms with Crippen LogP contribution in [-0.2, 0) is 0 Å². The molecule has 0 fully saturated rings. The van der Waals surface area contributed by atoms with Gasteiger partial charge in [0.1, 0.15) is 0 Å². The number of unbranched alkanes of at least 4 members (excludes halogenated alkanes) is 11. The van der Waals surface area contributed by atoms with Gasteiger partial charge in [-0.2, -0.15) is 0 Å². The Labute approximate surface area is 91.5 Å². The van der Waals surface area contributed by atoms with Crippen LogP contribution in [0.4, 0.5) is 0 Å². The molecule has 0 aromatic rings. The molecule has 0 atom stereocenters. The van der Waals surface area contributed by atoms with E-state index in [1.54, 1.807) is 0 Å². The Morgan fingerprint density at radius 3 is 1.79 bits per heavy atom. The van der Waals surface area contributed by atoms with Gasteiger partial charge in [-0.05, 0) is 6.42 Å². The van der Waals surface area contributed by atoms with E-state index in [0.29, 0.717) is 0 Å². The van der Waals surface area contributed by atoms with Crippen molar-refractivity contribution in [2.24, 2.45) is 0 Å². The Hall–Kier alpha value is 0. The fraction of sp³-hybridized carbons (Fsp3) is 0.857. The number of hydrogen-bond donors (Lipinski definition) is 0. The van der Waals surface area contributed by atoms with E-state index in [0.717, 1.165) is 6.42 Å². The highest BCUT2D eigenvalue weighted by Crippen LogP contribution is 2.11. The average Bonchev–Trinajstić information content (AvgIpc) is 2.21. The molecule has 0 bridgehead atoms. The molecule has 0 aliphatic carbocycles. The second-order valence-electron chi connectivity index (χ2n) is 4.19. The van der Waals surface area contributed by atoms with E-state index in [2.05, 4.69) is 20.3 Å². The molecule has 0 aromatic carbocycles. The summed E-state index contributed by atoms with van der Waals surface area (Å²) in [5.74, 6) is 0. The molecule has 0 aliphatic rings. The lowest BCUT2D eigenvalue weighted by molar-refractivity contribution is 0.563. The van der Waals surface area contributed by atoms with E-state index in [4.69, 9.17) is 0 Å². The monoisotopic (exact) mass is 196 g/mol. The van der Waals surface area contributed by atoms with Crippen LogP contribution in [0.25, 0.3) is 0 Å². The lowest BCUT2D eigenvalue weighted by Crippen LogP contribution is -1.81. The number of hydrogen-bond acceptors (Lipinski definition) is 0. The molecular formula is C14H28. The SMILES string of the molecule is [CH2]C[CH]CCCCCCCCCCC. The van der Waals surface area contributed by atoms with Gasteiger partial charge >= 0.3 is 0 Å². The van der Waals surface area contributed by atoms with Crippen molar-refractivity contribution in [3.63, 3.8) is 0 Å². The first kappa shape index (κ1) is 14.0. The van der Waals surface area contributed by atoms with Crippen molar-refractivity contribution in [3.05, 3.63) is 13.3 Å². The highest BCUT2D eigenvalue weighted by atomic mass is 14.0. The second kappa shape index (κ2) is 13.0. The van der Waals surface area contributed by atoms with Gasteiger partial charge in [-0.15, -0.1) is 0 Å². The van der Waals surface area contributed by atoms with E-state index in [1.807, 2.05) is 0 Å². The van der Waals surface area contributed by atoms with Crippen LogP contribution < -0.4 is 0 Å². The maximum Gasteiger partial charge on any atom is -0.0386 e. The molecule has 0 unspecified atom stereocenters. The molecule has 0 N–H and O–H groups in total. The molecular weight excluding hydrogens is 168 g/mol. The largest absolute Gasteiger partial charge is 0.0654 e. The van der Waals surface area contributed by atoms with Crippen LogP contribution in [0.15, 0.2) is 0 Å². The fourth-order valence-corrected chi connectivity index (χ4v) is 1.74. The van der Waals surface area contributed by atoms with Crippen LogP contribution in [0.1, 0.15) is 77.6 Å². The zero-order valence-corrected chi connectivity index (χ0v) is 10.1. The van der Waals surface area contributed by atoms with Gasteiger partial charge in [-0.25, -0.2) is 0 Å². The molecule has 0 amide bonds. The summed E-state index contributed by atoms with van der Waals surface area (Å²) in [7, 11) is 0. The topological polar surface area (TPSA) is 0 Å². The molecule has 0 saturated heterocycles. The minimum absolute atomic E-state index is 0.997. The molecule has 14 heavy (non-hydrogen) atoms. The van der Waals surface area contributed by atoms with Crippen molar-refractivity contribution in [1.29, 1.82) is 0 Å². The van der Waals surface area contributed by atoms with Gasteiger partial charge in [-0.1, -0.05) is 84.5 Å². The summed E-state index contributed by atoms with van der Waals surface area (Å²) in [5.41, 5.74) is 0. The second-order valence-corrected chi connectivity index (χ2v) is 4.19. The predicted molar refractivity (Wildman–Crippen MR) is 66.1 cm³/mol. The Morgan fingerprint density at radius 1 is 0.786 bits per heavy atom. The first-order valence-electron chi connectivity index (χ1n) is 6.52. The van der Waals surface area contributed by atoms with Gasteiger partial charge in [0, 0.05) is 0 Å². The third-order valence-electron chi connectivity index (χ3n) is 2.72. The Bertz CT molecular complexity index is 74.0. The minimum atomic E-state index is 0.997. The zero-order chi connectivity index (χ0) is 10.5. The van der Waals surface area contributed by atoms with Crippen LogP contribution in [-0.4, -0.2) is 0 Å². The Morgan fingerprint density at radius 2 is 1.29 bits per heavy atom. The number of rotatable bonds is 11. The van der Waals surface area contributed by atoms with Crippen LogP contribution in [0.5, 0.6) is 0 Å². The maximum absolute atomic E-state index is 3.81. The van der Waals surface area contributed by atoms with Gasteiger partial charge in [0.05, 0.1) is 0 Å². The van der Waals surface area contributed by atoms with Crippen LogP contribution >= 0.6 is 0 Å². The van der Waals surface area contributed by atoms with Gasteiger partial charge < -0.3 is 0 Å². The summed E-state index contributed by atoms with van der Waals surface area (Å²) in [5, 5.41) is 0. The Kier molecular flexibility index (Phi) is 13.0. The smallest absolute Gasteiger partial charge is 0.0386 e. The predicted octanol–water partition coefficient (Wildman–Crippen LogP) is 5.34. The van der Waals surface area contributed by atoms with E-state index >= 15 is 0 Å². The minimum Gasteiger partial charge on any atom is -0.0654 e. The standard InChI is InChI=1S/C14H28/c1-3-5-7-9-11-13-14-12-10-8-6-4-2/h5H,1,3-4,6-14H2,2H3. The molecule has 0 saturated carbocycles. The molecule has 0 spiro atoms. The molecule has 0 rings (SSSR count). The first-order valence-corrected chi connectivity index (χ1v) is 6.52. The van der Waals surface area contributed by atoms with Crippen molar-refractivity contribution in [2.45, 2.75) is 77.6 Å². The molecule has 0 heterocycles. The van der Waals surface area contributed by atoms with E-state index in [1.165, 1.54) is 64.2 Å². The third-order valence-corrected chi connectivity index (χ3v) is 2.72. The van der Waals surface area contributed by atoms with Crippen LogP contribution in [0.2, 0.25) is 0 Å². The summed E-state index contributed by atoms with van der Waals surface area (Å²) in [6, 6.07) is 0. The average molecular weight is 196 g/mol. The molecule has 2 radical (unpaired) electrons. The van der Waals surface area contributed by atoms with Gasteiger partial charge in [0.2, 0.25) is 0 Å².